The Morgan fingerprint density at radius 1 is 1.17 bits per heavy atom. The molecule has 1 aromatic carbocycles. The van der Waals surface area contributed by atoms with Crippen LogP contribution < -0.4 is 17.0 Å². The Morgan fingerprint density at radius 3 is 2.25 bits per heavy atom. The zero-order valence-electron chi connectivity index (χ0n) is 7.09. The normalized spacial score (nSPS) is 7.67. The molecule has 0 nitrogen and oxygen atoms in total. The molecule has 0 heterocycles. The summed E-state index contributed by atoms with van der Waals surface area (Å²) in [5.41, 5.74) is 1.36. The van der Waals surface area contributed by atoms with Gasteiger partial charge in [0.25, 0.3) is 0 Å². The first-order valence-corrected chi connectivity index (χ1v) is 3.47. The molecule has 0 unspecified atom stereocenters. The molecule has 0 aliphatic rings. The van der Waals surface area contributed by atoms with Crippen molar-refractivity contribution < 1.29 is 17.0 Å². The van der Waals surface area contributed by atoms with Crippen molar-refractivity contribution in [3.8, 4) is 0 Å². The van der Waals surface area contributed by atoms with E-state index in [0.717, 1.165) is 12.8 Å². The predicted octanol–water partition coefficient (Wildman–Crippen LogP) is -0.768. The number of hydrogen-bond acceptors (Lipinski definition) is 0. The van der Waals surface area contributed by atoms with Gasteiger partial charge in [0.2, 0.25) is 0 Å². The second-order valence-electron chi connectivity index (χ2n) is 2.24. The maximum Gasteiger partial charge on any atom is 2.00 e. The molecular formula is C10H11BrMg. The van der Waals surface area contributed by atoms with E-state index < -0.39 is 0 Å². The van der Waals surface area contributed by atoms with Crippen molar-refractivity contribution in [3.63, 3.8) is 0 Å². The third-order valence-electron chi connectivity index (χ3n) is 1.43. The molecule has 1 aromatic rings. The SMILES string of the molecule is C=[C-]CCc1ccccc1.[Br-].[Mg+2]. The van der Waals surface area contributed by atoms with Crippen LogP contribution in [-0.2, 0) is 6.42 Å². The van der Waals surface area contributed by atoms with Crippen LogP contribution in [0.4, 0.5) is 0 Å². The minimum Gasteiger partial charge on any atom is -1.00 e. The summed E-state index contributed by atoms with van der Waals surface area (Å²) in [4.78, 5) is 0. The van der Waals surface area contributed by atoms with Gasteiger partial charge in [0.05, 0.1) is 0 Å². The summed E-state index contributed by atoms with van der Waals surface area (Å²) in [7, 11) is 0. The van der Waals surface area contributed by atoms with Gasteiger partial charge in [0, 0.05) is 0 Å². The predicted molar refractivity (Wildman–Crippen MR) is 49.4 cm³/mol. The number of benzene rings is 1. The molecule has 0 saturated carbocycles. The average molecular weight is 235 g/mol. The molecule has 0 aliphatic heterocycles. The number of aryl methyl sites for hydroxylation is 1. The van der Waals surface area contributed by atoms with Gasteiger partial charge < -0.3 is 23.1 Å². The number of allylic oxidation sites excluding steroid dienone is 1. The molecule has 0 aromatic heterocycles. The van der Waals surface area contributed by atoms with Crippen molar-refractivity contribution in [1.82, 2.24) is 0 Å². The third-order valence-corrected chi connectivity index (χ3v) is 1.43. The molecule has 0 bridgehead atoms. The Bertz CT molecular complexity index is 196. The molecule has 1 rings (SSSR count). The van der Waals surface area contributed by atoms with E-state index >= 15 is 0 Å². The Labute approximate surface area is 101 Å². The van der Waals surface area contributed by atoms with E-state index in [4.69, 9.17) is 0 Å². The van der Waals surface area contributed by atoms with Crippen molar-refractivity contribution in [2.45, 2.75) is 12.8 Å². The first-order valence-electron chi connectivity index (χ1n) is 3.47. The summed E-state index contributed by atoms with van der Waals surface area (Å²) in [6.45, 7) is 3.55. The zero-order valence-corrected chi connectivity index (χ0v) is 10.1. The van der Waals surface area contributed by atoms with Crippen LogP contribution in [0.15, 0.2) is 36.9 Å². The second-order valence-corrected chi connectivity index (χ2v) is 2.24. The maximum absolute atomic E-state index is 3.55. The van der Waals surface area contributed by atoms with Gasteiger partial charge in [0.1, 0.15) is 0 Å². The van der Waals surface area contributed by atoms with Crippen molar-refractivity contribution >= 4 is 23.1 Å². The van der Waals surface area contributed by atoms with Crippen LogP contribution in [0.5, 0.6) is 0 Å². The van der Waals surface area contributed by atoms with Gasteiger partial charge in [-0.1, -0.05) is 42.3 Å². The zero-order chi connectivity index (χ0) is 7.23. The van der Waals surface area contributed by atoms with Crippen LogP contribution in [0.2, 0.25) is 0 Å². The van der Waals surface area contributed by atoms with Gasteiger partial charge >= 0.3 is 23.1 Å². The molecule has 0 saturated heterocycles. The van der Waals surface area contributed by atoms with E-state index in [-0.39, 0.29) is 40.0 Å². The Balaban J connectivity index is 0. The van der Waals surface area contributed by atoms with Crippen LogP contribution in [0.25, 0.3) is 0 Å². The molecule has 12 heavy (non-hydrogen) atoms. The molecular weight excluding hydrogens is 224 g/mol. The second kappa shape index (κ2) is 9.30. The van der Waals surface area contributed by atoms with Crippen LogP contribution in [0, 0.1) is 6.08 Å². The van der Waals surface area contributed by atoms with E-state index in [0.29, 0.717) is 0 Å². The molecule has 60 valence electrons. The standard InChI is InChI=1S/C10H11.BrH.Mg/c1-2-3-7-10-8-5-4-6-9-10;;/h4-6,8-9H,1,3,7H2;1H;/q-1;;+2/p-1. The first kappa shape index (κ1) is 14.7. The largest absolute Gasteiger partial charge is 2.00 e. The van der Waals surface area contributed by atoms with Crippen LogP contribution >= 0.6 is 0 Å². The van der Waals surface area contributed by atoms with Crippen molar-refractivity contribution in [3.05, 3.63) is 48.6 Å². The van der Waals surface area contributed by atoms with Gasteiger partial charge in [0.15, 0.2) is 0 Å². The Kier molecular flexibility index (Phi) is 11.4. The molecule has 0 amide bonds. The van der Waals surface area contributed by atoms with E-state index in [2.05, 4.69) is 36.9 Å². The van der Waals surface area contributed by atoms with Crippen molar-refractivity contribution in [2.24, 2.45) is 0 Å². The maximum atomic E-state index is 3.55. The Hall–Kier alpha value is 0.206. The summed E-state index contributed by atoms with van der Waals surface area (Å²) in [5, 5.41) is 0. The fraction of sp³-hybridized carbons (Fsp3) is 0.200. The van der Waals surface area contributed by atoms with Gasteiger partial charge in [-0.05, 0) is 0 Å². The number of hydrogen-bond donors (Lipinski definition) is 0. The van der Waals surface area contributed by atoms with E-state index in [1.54, 1.807) is 0 Å². The number of halogens is 1. The quantitative estimate of drug-likeness (QED) is 0.477. The Morgan fingerprint density at radius 2 is 1.75 bits per heavy atom. The smallest absolute Gasteiger partial charge is 1.00 e. The van der Waals surface area contributed by atoms with E-state index in [1.165, 1.54) is 5.56 Å². The van der Waals surface area contributed by atoms with Crippen molar-refractivity contribution in [1.29, 1.82) is 0 Å². The summed E-state index contributed by atoms with van der Waals surface area (Å²) >= 11 is 0. The molecule has 0 atom stereocenters. The summed E-state index contributed by atoms with van der Waals surface area (Å²) in [6, 6.07) is 10.4. The summed E-state index contributed by atoms with van der Waals surface area (Å²) in [5.74, 6) is 0. The van der Waals surface area contributed by atoms with Gasteiger partial charge in [-0.25, -0.2) is 0 Å². The summed E-state index contributed by atoms with van der Waals surface area (Å²) in [6.07, 6.45) is 4.87. The van der Waals surface area contributed by atoms with Gasteiger partial charge in [-0.15, -0.1) is 0 Å². The van der Waals surface area contributed by atoms with Crippen LogP contribution in [-0.4, -0.2) is 23.1 Å². The fourth-order valence-corrected chi connectivity index (χ4v) is 0.877. The molecule has 0 radical (unpaired) electrons. The summed E-state index contributed by atoms with van der Waals surface area (Å²) < 4.78 is 0. The third kappa shape index (κ3) is 5.81. The average Bonchev–Trinajstić information content (AvgIpc) is 2.03. The minimum atomic E-state index is 0. The monoisotopic (exact) mass is 234 g/mol. The molecule has 0 fully saturated rings. The van der Waals surface area contributed by atoms with Crippen LogP contribution in [0.3, 0.4) is 0 Å². The van der Waals surface area contributed by atoms with Gasteiger partial charge in [-0.3, -0.25) is 6.58 Å². The van der Waals surface area contributed by atoms with Crippen LogP contribution in [0.1, 0.15) is 12.0 Å². The molecule has 0 spiro atoms. The molecule has 0 aliphatic carbocycles. The molecule has 0 N–H and O–H groups in total. The number of rotatable bonds is 3. The first-order chi connectivity index (χ1) is 4.93. The minimum absolute atomic E-state index is 0. The fourth-order valence-electron chi connectivity index (χ4n) is 0.877. The topological polar surface area (TPSA) is 0 Å². The van der Waals surface area contributed by atoms with E-state index in [1.807, 2.05) is 6.07 Å². The van der Waals surface area contributed by atoms with E-state index in [9.17, 15) is 0 Å². The molecule has 2 heteroatoms. The van der Waals surface area contributed by atoms with Gasteiger partial charge in [-0.2, -0.15) is 6.42 Å². The van der Waals surface area contributed by atoms with Crippen molar-refractivity contribution in [2.75, 3.05) is 0 Å².